The van der Waals surface area contributed by atoms with Crippen molar-refractivity contribution >= 4 is 45.5 Å². The number of amides is 1. The summed E-state index contributed by atoms with van der Waals surface area (Å²) in [5.41, 5.74) is 2.86. The zero-order valence-electron chi connectivity index (χ0n) is 11.6. The molecule has 0 spiro atoms. The molecule has 0 aliphatic carbocycles. The molecule has 21 heavy (non-hydrogen) atoms. The van der Waals surface area contributed by atoms with Crippen LogP contribution in [0.25, 0.3) is 0 Å². The lowest BCUT2D eigenvalue weighted by Gasteiger charge is -2.17. The molecule has 3 nitrogen and oxygen atoms in total. The van der Waals surface area contributed by atoms with Crippen LogP contribution in [0.4, 0.5) is 5.69 Å². The van der Waals surface area contributed by atoms with Gasteiger partial charge in [-0.2, -0.15) is 0 Å². The van der Waals surface area contributed by atoms with Gasteiger partial charge in [0.25, 0.3) is 5.91 Å². The molecule has 2 heterocycles. The maximum absolute atomic E-state index is 12.3. The molecular weight excluding hydrogens is 395 g/mol. The van der Waals surface area contributed by atoms with Crippen LogP contribution < -0.4 is 5.32 Å². The highest BCUT2D eigenvalue weighted by Crippen LogP contribution is 2.22. The number of rotatable bonds is 4. The van der Waals surface area contributed by atoms with Gasteiger partial charge in [-0.3, -0.25) is 9.69 Å². The highest BCUT2D eigenvalue weighted by Gasteiger charge is 2.15. The van der Waals surface area contributed by atoms with Crippen LogP contribution in [0.15, 0.2) is 35.7 Å². The Labute approximate surface area is 142 Å². The number of hydrogen-bond donors (Lipinski definition) is 1. The molecule has 0 bridgehead atoms. The van der Waals surface area contributed by atoms with E-state index in [0.717, 1.165) is 33.8 Å². The van der Waals surface area contributed by atoms with Crippen molar-refractivity contribution in [2.45, 2.75) is 19.4 Å². The van der Waals surface area contributed by atoms with E-state index in [0.29, 0.717) is 0 Å². The molecule has 1 fully saturated rings. The monoisotopic (exact) mass is 412 g/mol. The Bertz CT molecular complexity index is 635. The normalized spacial score (nSPS) is 15.3. The second-order valence-electron chi connectivity index (χ2n) is 5.23. The van der Waals surface area contributed by atoms with Crippen LogP contribution >= 0.6 is 33.9 Å². The van der Waals surface area contributed by atoms with Gasteiger partial charge in [0.2, 0.25) is 0 Å². The van der Waals surface area contributed by atoms with Gasteiger partial charge in [0, 0.05) is 17.6 Å². The maximum atomic E-state index is 12.3. The van der Waals surface area contributed by atoms with Crippen molar-refractivity contribution < 1.29 is 4.79 Å². The van der Waals surface area contributed by atoms with Gasteiger partial charge in [0.05, 0.1) is 8.45 Å². The molecule has 1 N–H and O–H groups in total. The smallest absolute Gasteiger partial charge is 0.256 e. The van der Waals surface area contributed by atoms with E-state index in [2.05, 4.69) is 38.9 Å². The first-order chi connectivity index (χ1) is 10.2. The minimum absolute atomic E-state index is 0.0250. The van der Waals surface area contributed by atoms with E-state index in [9.17, 15) is 4.79 Å². The van der Waals surface area contributed by atoms with Gasteiger partial charge in [-0.15, -0.1) is 11.3 Å². The SMILES string of the molecule is O=C(Nc1ccccc1CN1CCCC1)c1csc(I)c1. The quantitative estimate of drug-likeness (QED) is 0.764. The Hall–Kier alpha value is -0.920. The number of anilines is 1. The summed E-state index contributed by atoms with van der Waals surface area (Å²) in [5.74, 6) is -0.0250. The van der Waals surface area contributed by atoms with Crippen molar-refractivity contribution in [3.05, 3.63) is 49.7 Å². The van der Waals surface area contributed by atoms with Gasteiger partial charge >= 0.3 is 0 Å². The van der Waals surface area contributed by atoms with Crippen molar-refractivity contribution in [1.82, 2.24) is 4.90 Å². The maximum Gasteiger partial charge on any atom is 0.256 e. The Kier molecular flexibility index (Phi) is 4.92. The molecule has 1 saturated heterocycles. The molecule has 0 saturated carbocycles. The number of carbonyl (C=O) groups is 1. The van der Waals surface area contributed by atoms with E-state index in [1.807, 2.05) is 29.6 Å². The van der Waals surface area contributed by atoms with Crippen LogP contribution in [0.3, 0.4) is 0 Å². The molecule has 1 aliphatic rings. The fourth-order valence-corrected chi connectivity index (χ4v) is 3.91. The highest BCUT2D eigenvalue weighted by atomic mass is 127. The summed E-state index contributed by atoms with van der Waals surface area (Å²) >= 11 is 3.83. The molecule has 0 radical (unpaired) electrons. The van der Waals surface area contributed by atoms with Crippen molar-refractivity contribution in [2.24, 2.45) is 0 Å². The number of benzene rings is 1. The lowest BCUT2D eigenvalue weighted by molar-refractivity contribution is 0.102. The van der Waals surface area contributed by atoms with Crippen molar-refractivity contribution in [1.29, 1.82) is 0 Å². The van der Waals surface area contributed by atoms with Crippen LogP contribution in [0.1, 0.15) is 28.8 Å². The lowest BCUT2D eigenvalue weighted by Crippen LogP contribution is -2.20. The Morgan fingerprint density at radius 3 is 2.76 bits per heavy atom. The molecule has 0 atom stereocenters. The molecule has 110 valence electrons. The van der Waals surface area contributed by atoms with E-state index < -0.39 is 0 Å². The van der Waals surface area contributed by atoms with Crippen LogP contribution in [0.5, 0.6) is 0 Å². The summed E-state index contributed by atoms with van der Waals surface area (Å²) in [6, 6.07) is 10.0. The molecule has 0 unspecified atom stereocenters. The van der Waals surface area contributed by atoms with Crippen LogP contribution in [-0.2, 0) is 6.54 Å². The van der Waals surface area contributed by atoms with E-state index in [1.165, 1.54) is 18.4 Å². The van der Waals surface area contributed by atoms with Crippen LogP contribution in [-0.4, -0.2) is 23.9 Å². The summed E-state index contributed by atoms with van der Waals surface area (Å²) in [5, 5.41) is 4.95. The molecule has 1 aromatic carbocycles. The van der Waals surface area contributed by atoms with Gasteiger partial charge in [-0.05, 0) is 66.2 Å². The summed E-state index contributed by atoms with van der Waals surface area (Å²) in [7, 11) is 0. The molecule has 3 rings (SSSR count). The van der Waals surface area contributed by atoms with Gasteiger partial charge in [-0.1, -0.05) is 18.2 Å². The van der Waals surface area contributed by atoms with Gasteiger partial charge < -0.3 is 5.32 Å². The number of likely N-dealkylation sites (tertiary alicyclic amines) is 1. The van der Waals surface area contributed by atoms with E-state index >= 15 is 0 Å². The molecule has 1 aromatic heterocycles. The first kappa shape index (κ1) is 15.0. The lowest BCUT2D eigenvalue weighted by atomic mass is 10.1. The standard InChI is InChI=1S/C16H17IN2OS/c17-15-9-13(11-21-15)16(20)18-14-6-2-1-5-12(14)10-19-7-3-4-8-19/h1-2,5-6,9,11H,3-4,7-8,10H2,(H,18,20). The average Bonchev–Trinajstić information content (AvgIpc) is 3.12. The van der Waals surface area contributed by atoms with Crippen molar-refractivity contribution in [2.75, 3.05) is 18.4 Å². The third kappa shape index (κ3) is 3.84. The molecule has 1 aliphatic heterocycles. The Morgan fingerprint density at radius 1 is 1.29 bits per heavy atom. The summed E-state index contributed by atoms with van der Waals surface area (Å²) < 4.78 is 1.13. The summed E-state index contributed by atoms with van der Waals surface area (Å²) in [4.78, 5) is 14.7. The number of hydrogen-bond acceptors (Lipinski definition) is 3. The van der Waals surface area contributed by atoms with Crippen LogP contribution in [0, 0.1) is 2.88 Å². The Morgan fingerprint density at radius 2 is 2.05 bits per heavy atom. The minimum atomic E-state index is -0.0250. The van der Waals surface area contributed by atoms with E-state index in [4.69, 9.17) is 0 Å². The zero-order valence-corrected chi connectivity index (χ0v) is 14.6. The number of thiophene rings is 1. The first-order valence-corrected chi connectivity index (χ1v) is 9.04. The largest absolute Gasteiger partial charge is 0.322 e. The molecule has 5 heteroatoms. The van der Waals surface area contributed by atoms with Crippen molar-refractivity contribution in [3.63, 3.8) is 0 Å². The van der Waals surface area contributed by atoms with Gasteiger partial charge in [0.15, 0.2) is 0 Å². The minimum Gasteiger partial charge on any atom is -0.322 e. The van der Waals surface area contributed by atoms with Gasteiger partial charge in [0.1, 0.15) is 0 Å². The molecule has 2 aromatic rings. The van der Waals surface area contributed by atoms with Crippen LogP contribution in [0.2, 0.25) is 0 Å². The number of nitrogens with one attached hydrogen (secondary N) is 1. The molecular formula is C16H17IN2OS. The zero-order chi connectivity index (χ0) is 14.7. The predicted molar refractivity (Wildman–Crippen MR) is 95.9 cm³/mol. The highest BCUT2D eigenvalue weighted by molar-refractivity contribution is 14.1. The third-order valence-electron chi connectivity index (χ3n) is 3.69. The van der Waals surface area contributed by atoms with Gasteiger partial charge in [-0.25, -0.2) is 0 Å². The second-order valence-corrected chi connectivity index (χ2v) is 8.04. The number of nitrogens with zero attached hydrogens (tertiary/aromatic N) is 1. The fourth-order valence-electron chi connectivity index (χ4n) is 2.59. The third-order valence-corrected chi connectivity index (χ3v) is 5.48. The number of carbonyl (C=O) groups excluding carboxylic acids is 1. The van der Waals surface area contributed by atoms with Crippen molar-refractivity contribution in [3.8, 4) is 0 Å². The molecule has 1 amide bonds. The fraction of sp³-hybridized carbons (Fsp3) is 0.312. The van der Waals surface area contributed by atoms with E-state index in [-0.39, 0.29) is 5.91 Å². The first-order valence-electron chi connectivity index (χ1n) is 7.08. The number of para-hydroxylation sites is 1. The summed E-state index contributed by atoms with van der Waals surface area (Å²) in [6.07, 6.45) is 2.56. The average molecular weight is 412 g/mol. The van der Waals surface area contributed by atoms with E-state index in [1.54, 1.807) is 11.3 Å². The summed E-state index contributed by atoms with van der Waals surface area (Å²) in [6.45, 7) is 3.23. The topological polar surface area (TPSA) is 32.3 Å². The number of halogens is 1. The predicted octanol–water partition coefficient (Wildman–Crippen LogP) is 4.20. The second kappa shape index (κ2) is 6.89. The Balaban J connectivity index is 1.73.